The number of sulfonamides is 1. The van der Waals surface area contributed by atoms with Crippen LogP contribution in [0.1, 0.15) is 62.7 Å². The van der Waals surface area contributed by atoms with Crippen LogP contribution in [0.2, 0.25) is 0 Å². The molecule has 0 aliphatic carbocycles. The topological polar surface area (TPSA) is 87.7 Å². The zero-order valence-electron chi connectivity index (χ0n) is 20.5. The molecule has 190 valence electrons. The highest BCUT2D eigenvalue weighted by Gasteiger charge is 2.27. The highest BCUT2D eigenvalue weighted by Crippen LogP contribution is 2.24. The van der Waals surface area contributed by atoms with Crippen LogP contribution in [0.4, 0.5) is 5.69 Å². The predicted octanol–water partition coefficient (Wildman–Crippen LogP) is 5.19. The quantitative estimate of drug-likeness (QED) is 0.333. The average Bonchev–Trinajstić information content (AvgIpc) is 2.84. The van der Waals surface area contributed by atoms with Crippen molar-refractivity contribution in [3.63, 3.8) is 0 Å². The molecule has 2 aromatic carbocycles. The summed E-state index contributed by atoms with van der Waals surface area (Å²) < 4.78 is 33.2. The van der Waals surface area contributed by atoms with E-state index in [-0.39, 0.29) is 15.9 Å². The van der Waals surface area contributed by atoms with Gasteiger partial charge >= 0.3 is 0 Å². The third kappa shape index (κ3) is 7.75. The summed E-state index contributed by atoms with van der Waals surface area (Å²) >= 11 is 5.30. The van der Waals surface area contributed by atoms with E-state index in [1.807, 2.05) is 6.07 Å². The summed E-state index contributed by atoms with van der Waals surface area (Å²) in [4.78, 5) is 13.0. The fraction of sp³-hybridized carbons (Fsp3) is 0.462. The largest absolute Gasteiger partial charge is 0.493 e. The van der Waals surface area contributed by atoms with E-state index in [9.17, 15) is 13.2 Å². The summed E-state index contributed by atoms with van der Waals surface area (Å²) in [6.07, 6.45) is 6.10. The lowest BCUT2D eigenvalue weighted by atomic mass is 10.0. The van der Waals surface area contributed by atoms with E-state index < -0.39 is 10.0 Å². The molecule has 1 saturated heterocycles. The third-order valence-corrected chi connectivity index (χ3v) is 8.22. The number of thiocarbonyl (C=S) groups is 1. The van der Waals surface area contributed by atoms with Gasteiger partial charge in [-0.05, 0) is 73.8 Å². The maximum absolute atomic E-state index is 12.9. The number of nitrogens with one attached hydrogen (secondary N) is 2. The van der Waals surface area contributed by atoms with Gasteiger partial charge in [-0.15, -0.1) is 0 Å². The van der Waals surface area contributed by atoms with Crippen LogP contribution in [0.25, 0.3) is 0 Å². The molecule has 0 radical (unpaired) electrons. The van der Waals surface area contributed by atoms with E-state index in [1.165, 1.54) is 0 Å². The van der Waals surface area contributed by atoms with Crippen molar-refractivity contribution in [3.8, 4) is 5.75 Å². The van der Waals surface area contributed by atoms with Gasteiger partial charge in [0.15, 0.2) is 5.11 Å². The Morgan fingerprint density at radius 1 is 1.06 bits per heavy atom. The number of hydrogen-bond donors (Lipinski definition) is 2. The van der Waals surface area contributed by atoms with Gasteiger partial charge in [-0.1, -0.05) is 45.2 Å². The Labute approximate surface area is 214 Å². The second-order valence-electron chi connectivity index (χ2n) is 8.92. The van der Waals surface area contributed by atoms with Crippen LogP contribution in [0.3, 0.4) is 0 Å². The summed E-state index contributed by atoms with van der Waals surface area (Å²) in [5.41, 5.74) is 0.992. The minimum atomic E-state index is -3.51. The smallest absolute Gasteiger partial charge is 0.261 e. The molecule has 1 amide bonds. The molecule has 2 N–H and O–H groups in total. The van der Waals surface area contributed by atoms with Gasteiger partial charge < -0.3 is 10.1 Å². The van der Waals surface area contributed by atoms with Crippen LogP contribution in [-0.2, 0) is 10.0 Å². The Hall–Kier alpha value is -2.49. The molecular formula is C26H35N3O4S2. The van der Waals surface area contributed by atoms with E-state index in [4.69, 9.17) is 17.0 Å². The first-order valence-electron chi connectivity index (χ1n) is 12.3. The van der Waals surface area contributed by atoms with E-state index in [0.717, 1.165) is 38.5 Å². The van der Waals surface area contributed by atoms with E-state index >= 15 is 0 Å². The summed E-state index contributed by atoms with van der Waals surface area (Å²) in [5.74, 6) is 0.699. The van der Waals surface area contributed by atoms with Gasteiger partial charge in [0.1, 0.15) is 5.75 Å². The first-order chi connectivity index (χ1) is 16.8. The van der Waals surface area contributed by atoms with Crippen LogP contribution < -0.4 is 15.4 Å². The number of para-hydroxylation sites is 1. The summed E-state index contributed by atoms with van der Waals surface area (Å²) in [6, 6.07) is 13.5. The molecule has 0 atom stereocenters. The number of hydrogen-bond acceptors (Lipinski definition) is 5. The Morgan fingerprint density at radius 2 is 1.74 bits per heavy atom. The molecule has 1 heterocycles. The van der Waals surface area contributed by atoms with Crippen LogP contribution in [0.15, 0.2) is 53.4 Å². The van der Waals surface area contributed by atoms with Gasteiger partial charge in [0.05, 0.1) is 17.1 Å². The number of nitrogens with zero attached hydrogens (tertiary/aromatic N) is 1. The number of rotatable bonds is 10. The van der Waals surface area contributed by atoms with Crippen LogP contribution in [0.5, 0.6) is 5.75 Å². The number of carbonyl (C=O) groups is 1. The second kappa shape index (κ2) is 13.0. The molecule has 0 spiro atoms. The normalized spacial score (nSPS) is 14.9. The van der Waals surface area contributed by atoms with E-state index in [0.29, 0.717) is 42.6 Å². The maximum atomic E-state index is 12.9. The average molecular weight is 518 g/mol. The summed E-state index contributed by atoms with van der Waals surface area (Å²) in [5, 5.41) is 5.73. The third-order valence-electron chi connectivity index (χ3n) is 6.11. The fourth-order valence-electron chi connectivity index (χ4n) is 3.91. The van der Waals surface area contributed by atoms with Crippen molar-refractivity contribution in [1.29, 1.82) is 0 Å². The van der Waals surface area contributed by atoms with Gasteiger partial charge in [0.25, 0.3) is 5.91 Å². The molecule has 7 nitrogen and oxygen atoms in total. The molecule has 1 aliphatic heterocycles. The minimum absolute atomic E-state index is 0.119. The number of unbranched alkanes of at least 4 members (excludes halogenated alkanes) is 3. The number of ether oxygens (including phenoxy) is 1. The van der Waals surface area contributed by atoms with Crippen molar-refractivity contribution in [2.24, 2.45) is 5.92 Å². The van der Waals surface area contributed by atoms with Gasteiger partial charge in [0.2, 0.25) is 10.0 Å². The van der Waals surface area contributed by atoms with Crippen molar-refractivity contribution in [1.82, 2.24) is 9.62 Å². The van der Waals surface area contributed by atoms with Crippen molar-refractivity contribution in [3.05, 3.63) is 54.1 Å². The van der Waals surface area contributed by atoms with Crippen molar-refractivity contribution in [2.45, 2.75) is 57.3 Å². The predicted molar refractivity (Wildman–Crippen MR) is 143 cm³/mol. The standard InChI is InChI=1S/C26H35N3O4S2/c1-3-4-5-8-19-33-24-10-7-6-9-23(24)25(30)28-26(34)27-21-11-13-22(14-12-21)35(31,32)29-17-15-20(2)16-18-29/h6-7,9-14,20H,3-5,8,15-19H2,1-2H3,(H2,27,28,30,34). The van der Waals surface area contributed by atoms with E-state index in [2.05, 4.69) is 24.5 Å². The first-order valence-corrected chi connectivity index (χ1v) is 14.1. The lowest BCUT2D eigenvalue weighted by Gasteiger charge is -2.29. The van der Waals surface area contributed by atoms with Gasteiger partial charge in [-0.3, -0.25) is 10.1 Å². The molecule has 0 unspecified atom stereocenters. The molecule has 0 bridgehead atoms. The second-order valence-corrected chi connectivity index (χ2v) is 11.3. The maximum Gasteiger partial charge on any atom is 0.261 e. The van der Waals surface area contributed by atoms with Gasteiger partial charge in [0, 0.05) is 18.8 Å². The molecule has 0 aromatic heterocycles. The molecule has 2 aromatic rings. The molecule has 1 aliphatic rings. The highest BCUT2D eigenvalue weighted by atomic mass is 32.2. The number of piperidine rings is 1. The monoisotopic (exact) mass is 517 g/mol. The SMILES string of the molecule is CCCCCCOc1ccccc1C(=O)NC(=S)Nc1ccc(S(=O)(=O)N2CCC(C)CC2)cc1. The van der Waals surface area contributed by atoms with Crippen LogP contribution in [0, 0.1) is 5.92 Å². The lowest BCUT2D eigenvalue weighted by molar-refractivity contribution is 0.0973. The summed E-state index contributed by atoms with van der Waals surface area (Å²) in [6.45, 7) is 5.95. The summed E-state index contributed by atoms with van der Waals surface area (Å²) in [7, 11) is -3.51. The number of amides is 1. The van der Waals surface area contributed by atoms with Crippen molar-refractivity contribution >= 4 is 38.9 Å². The zero-order chi connectivity index (χ0) is 25.3. The Kier molecular flexibility index (Phi) is 10.1. The van der Waals surface area contributed by atoms with Crippen LogP contribution in [-0.4, -0.2) is 43.4 Å². The highest BCUT2D eigenvalue weighted by molar-refractivity contribution is 7.89. The van der Waals surface area contributed by atoms with Crippen molar-refractivity contribution < 1.29 is 17.9 Å². The minimum Gasteiger partial charge on any atom is -0.493 e. The van der Waals surface area contributed by atoms with Gasteiger partial charge in [-0.25, -0.2) is 8.42 Å². The molecule has 0 saturated carbocycles. The Bertz CT molecular complexity index is 1100. The molecule has 3 rings (SSSR count). The molecule has 1 fully saturated rings. The Morgan fingerprint density at radius 3 is 2.43 bits per heavy atom. The zero-order valence-corrected chi connectivity index (χ0v) is 22.1. The number of carbonyl (C=O) groups excluding carboxylic acids is 1. The first kappa shape index (κ1) is 27.1. The lowest BCUT2D eigenvalue weighted by Crippen LogP contribution is -2.37. The van der Waals surface area contributed by atoms with Crippen LogP contribution >= 0.6 is 12.2 Å². The number of anilines is 1. The molecule has 35 heavy (non-hydrogen) atoms. The molecule has 9 heteroatoms. The van der Waals surface area contributed by atoms with Gasteiger partial charge in [-0.2, -0.15) is 4.31 Å². The van der Waals surface area contributed by atoms with E-state index in [1.54, 1.807) is 46.8 Å². The number of benzene rings is 2. The molecular weight excluding hydrogens is 482 g/mol. The van der Waals surface area contributed by atoms with Crippen molar-refractivity contribution in [2.75, 3.05) is 25.0 Å². The Balaban J connectivity index is 1.56. The fourth-order valence-corrected chi connectivity index (χ4v) is 5.59.